The van der Waals surface area contributed by atoms with Crippen LogP contribution in [0.3, 0.4) is 0 Å². The monoisotopic (exact) mass is 214 g/mol. The van der Waals surface area contributed by atoms with Gasteiger partial charge in [0.05, 0.1) is 19.8 Å². The van der Waals surface area contributed by atoms with Crippen molar-refractivity contribution in [3.63, 3.8) is 0 Å². The third-order valence-electron chi connectivity index (χ3n) is 3.44. The summed E-state index contributed by atoms with van der Waals surface area (Å²) < 4.78 is 22.7. The van der Waals surface area contributed by atoms with E-state index in [1.165, 1.54) is 19.3 Å². The van der Waals surface area contributed by atoms with Crippen molar-refractivity contribution in [2.75, 3.05) is 19.8 Å². The molecule has 2 aliphatic heterocycles. The van der Waals surface area contributed by atoms with E-state index in [1.807, 2.05) is 0 Å². The average molecular weight is 214 g/mol. The van der Waals surface area contributed by atoms with Gasteiger partial charge in [0.25, 0.3) is 0 Å². The first-order chi connectivity index (χ1) is 7.38. The molecule has 1 spiro atoms. The second-order valence-corrected chi connectivity index (χ2v) is 4.55. The number of rotatable bonds is 1. The molecule has 4 nitrogen and oxygen atoms in total. The lowest BCUT2D eigenvalue weighted by Gasteiger charge is -2.32. The van der Waals surface area contributed by atoms with Crippen LogP contribution in [-0.2, 0) is 18.9 Å². The van der Waals surface area contributed by atoms with Gasteiger partial charge in [-0.2, -0.15) is 0 Å². The van der Waals surface area contributed by atoms with Crippen LogP contribution in [0.5, 0.6) is 0 Å². The second kappa shape index (κ2) is 4.01. The van der Waals surface area contributed by atoms with E-state index in [2.05, 4.69) is 0 Å². The molecule has 0 aromatic heterocycles. The molecule has 1 atom stereocenters. The summed E-state index contributed by atoms with van der Waals surface area (Å²) in [6, 6.07) is 0. The lowest BCUT2D eigenvalue weighted by Crippen LogP contribution is -2.36. The topological polar surface area (TPSA) is 36.9 Å². The van der Waals surface area contributed by atoms with Crippen molar-refractivity contribution in [2.24, 2.45) is 0 Å². The molecular weight excluding hydrogens is 196 g/mol. The number of hydrogen-bond donors (Lipinski definition) is 0. The Morgan fingerprint density at radius 3 is 2.40 bits per heavy atom. The van der Waals surface area contributed by atoms with E-state index in [0.29, 0.717) is 19.8 Å². The summed E-state index contributed by atoms with van der Waals surface area (Å²) in [6.07, 6.45) is 5.54. The first kappa shape index (κ1) is 10.0. The van der Waals surface area contributed by atoms with Crippen LogP contribution in [0.2, 0.25) is 0 Å². The van der Waals surface area contributed by atoms with Crippen LogP contribution >= 0.6 is 0 Å². The third kappa shape index (κ3) is 1.91. The first-order valence-corrected chi connectivity index (χ1v) is 5.93. The van der Waals surface area contributed by atoms with Gasteiger partial charge in [-0.25, -0.2) is 0 Å². The Bertz CT molecular complexity index is 219. The van der Waals surface area contributed by atoms with Gasteiger partial charge in [0.15, 0.2) is 12.1 Å². The summed E-state index contributed by atoms with van der Waals surface area (Å²) in [4.78, 5) is 0. The normalized spacial score (nSPS) is 36.4. The zero-order valence-corrected chi connectivity index (χ0v) is 8.94. The molecule has 0 N–H and O–H groups in total. The van der Waals surface area contributed by atoms with Gasteiger partial charge in [-0.05, 0) is 12.8 Å². The summed E-state index contributed by atoms with van der Waals surface area (Å²) in [5.74, 6) is -0.307. The van der Waals surface area contributed by atoms with Gasteiger partial charge >= 0.3 is 0 Å². The molecule has 2 heterocycles. The summed E-state index contributed by atoms with van der Waals surface area (Å²) in [7, 11) is 0. The maximum atomic E-state index is 6.00. The van der Waals surface area contributed by atoms with Crippen molar-refractivity contribution >= 4 is 0 Å². The van der Waals surface area contributed by atoms with E-state index in [1.54, 1.807) is 0 Å². The quantitative estimate of drug-likeness (QED) is 0.661. The summed E-state index contributed by atoms with van der Waals surface area (Å²) >= 11 is 0. The lowest BCUT2D eigenvalue weighted by atomic mass is 9.94. The first-order valence-electron chi connectivity index (χ1n) is 5.93. The van der Waals surface area contributed by atoms with E-state index >= 15 is 0 Å². The molecule has 86 valence electrons. The molecular formula is C11H18O4. The molecule has 0 bridgehead atoms. The van der Waals surface area contributed by atoms with E-state index < -0.39 is 0 Å². The predicted molar refractivity (Wildman–Crippen MR) is 52.3 cm³/mol. The van der Waals surface area contributed by atoms with Gasteiger partial charge in [-0.15, -0.1) is 0 Å². The number of hydrogen-bond acceptors (Lipinski definition) is 4. The van der Waals surface area contributed by atoms with Crippen LogP contribution in [0, 0.1) is 0 Å². The Kier molecular flexibility index (Phi) is 2.68. The van der Waals surface area contributed by atoms with Crippen LogP contribution in [-0.4, -0.2) is 38.0 Å². The molecule has 2 saturated heterocycles. The van der Waals surface area contributed by atoms with Gasteiger partial charge in [-0.3, -0.25) is 0 Å². The minimum atomic E-state index is -0.307. The van der Waals surface area contributed by atoms with E-state index in [-0.39, 0.29) is 18.2 Å². The highest BCUT2D eigenvalue weighted by Gasteiger charge is 2.46. The fourth-order valence-corrected chi connectivity index (χ4v) is 2.66. The van der Waals surface area contributed by atoms with Crippen LogP contribution in [0.4, 0.5) is 0 Å². The second-order valence-electron chi connectivity index (χ2n) is 4.55. The minimum Gasteiger partial charge on any atom is -0.347 e. The average Bonchev–Trinajstić information content (AvgIpc) is 2.88. The Hall–Kier alpha value is -0.160. The van der Waals surface area contributed by atoms with Crippen molar-refractivity contribution in [2.45, 2.75) is 50.3 Å². The Labute approximate surface area is 89.8 Å². The molecule has 3 aliphatic rings. The third-order valence-corrected chi connectivity index (χ3v) is 3.44. The Balaban J connectivity index is 1.61. The molecule has 3 rings (SSSR count). The van der Waals surface area contributed by atoms with Crippen LogP contribution < -0.4 is 0 Å². The van der Waals surface area contributed by atoms with Crippen LogP contribution in [0.25, 0.3) is 0 Å². The maximum absolute atomic E-state index is 6.00. The SMILES string of the molecule is C1CCC2(CC1)OC[C@H](C1OCCO1)O2. The van der Waals surface area contributed by atoms with Crippen LogP contribution in [0.1, 0.15) is 32.1 Å². The molecule has 0 radical (unpaired) electrons. The highest BCUT2D eigenvalue weighted by molar-refractivity contribution is 4.84. The predicted octanol–water partition coefficient (Wildman–Crippen LogP) is 1.44. The Morgan fingerprint density at radius 1 is 0.933 bits per heavy atom. The molecule has 0 aromatic carbocycles. The van der Waals surface area contributed by atoms with Gasteiger partial charge in [0.1, 0.15) is 6.10 Å². The van der Waals surface area contributed by atoms with Crippen molar-refractivity contribution in [1.29, 1.82) is 0 Å². The zero-order valence-electron chi connectivity index (χ0n) is 8.94. The van der Waals surface area contributed by atoms with Gasteiger partial charge < -0.3 is 18.9 Å². The van der Waals surface area contributed by atoms with Crippen molar-refractivity contribution in [3.05, 3.63) is 0 Å². The van der Waals surface area contributed by atoms with E-state index in [9.17, 15) is 0 Å². The molecule has 0 unspecified atom stereocenters. The summed E-state index contributed by atoms with van der Waals surface area (Å²) in [5, 5.41) is 0. The zero-order chi connectivity index (χ0) is 10.1. The highest BCUT2D eigenvalue weighted by Crippen LogP contribution is 2.39. The molecule has 15 heavy (non-hydrogen) atoms. The van der Waals surface area contributed by atoms with Crippen molar-refractivity contribution in [1.82, 2.24) is 0 Å². The smallest absolute Gasteiger partial charge is 0.186 e. The molecule has 1 saturated carbocycles. The fraction of sp³-hybridized carbons (Fsp3) is 1.00. The van der Waals surface area contributed by atoms with Gasteiger partial charge in [0.2, 0.25) is 0 Å². The maximum Gasteiger partial charge on any atom is 0.186 e. The molecule has 4 heteroatoms. The van der Waals surface area contributed by atoms with E-state index in [0.717, 1.165) is 12.8 Å². The molecule has 3 fully saturated rings. The largest absolute Gasteiger partial charge is 0.347 e. The molecule has 0 aromatic rings. The van der Waals surface area contributed by atoms with Crippen molar-refractivity contribution in [3.8, 4) is 0 Å². The fourth-order valence-electron chi connectivity index (χ4n) is 2.66. The van der Waals surface area contributed by atoms with E-state index in [4.69, 9.17) is 18.9 Å². The van der Waals surface area contributed by atoms with Crippen LogP contribution in [0.15, 0.2) is 0 Å². The molecule has 1 aliphatic carbocycles. The highest BCUT2D eigenvalue weighted by atomic mass is 16.8. The van der Waals surface area contributed by atoms with Gasteiger partial charge in [-0.1, -0.05) is 6.42 Å². The van der Waals surface area contributed by atoms with Gasteiger partial charge in [0, 0.05) is 12.8 Å². The minimum absolute atomic E-state index is 0.0226. The Morgan fingerprint density at radius 2 is 1.67 bits per heavy atom. The molecule has 0 amide bonds. The lowest BCUT2D eigenvalue weighted by molar-refractivity contribution is -0.213. The standard InChI is InChI=1S/C11H18O4/c1-2-4-11(5-3-1)14-8-9(15-11)10-12-6-7-13-10/h9-10H,1-8H2/t9-/m1/s1. The van der Waals surface area contributed by atoms with Crippen molar-refractivity contribution < 1.29 is 18.9 Å². The number of ether oxygens (including phenoxy) is 4. The summed E-state index contributed by atoms with van der Waals surface area (Å²) in [5.41, 5.74) is 0. The summed E-state index contributed by atoms with van der Waals surface area (Å²) in [6.45, 7) is 1.97.